The van der Waals surface area contributed by atoms with E-state index in [9.17, 15) is 22.0 Å². The number of anilines is 1. The maximum atomic E-state index is 12.9. The average Bonchev–Trinajstić information content (AvgIpc) is 2.76. The molecule has 1 heterocycles. The summed E-state index contributed by atoms with van der Waals surface area (Å²) in [7, 11) is -3.74. The van der Waals surface area contributed by atoms with E-state index < -0.39 is 22.5 Å². The molecule has 2 aromatic rings. The number of benzene rings is 2. The first kappa shape index (κ1) is 23.9. The number of carbonyl (C=O) groups is 1. The van der Waals surface area contributed by atoms with Crippen molar-refractivity contribution in [2.75, 3.05) is 38.2 Å². The number of alkyl halides is 2. The zero-order valence-electron chi connectivity index (χ0n) is 17.6. The van der Waals surface area contributed by atoms with Gasteiger partial charge in [-0.1, -0.05) is 6.07 Å². The van der Waals surface area contributed by atoms with Gasteiger partial charge in [0.2, 0.25) is 10.0 Å². The van der Waals surface area contributed by atoms with Crippen molar-refractivity contribution in [3.8, 4) is 11.5 Å². The lowest BCUT2D eigenvalue weighted by Gasteiger charge is -2.26. The van der Waals surface area contributed by atoms with E-state index in [0.29, 0.717) is 24.5 Å². The summed E-state index contributed by atoms with van der Waals surface area (Å²) in [5.74, 6) is -0.743. The fourth-order valence-corrected chi connectivity index (χ4v) is 4.57. The molecule has 1 saturated heterocycles. The van der Waals surface area contributed by atoms with Crippen LogP contribution in [0.3, 0.4) is 0 Å². The normalized spacial score (nSPS) is 14.9. The topological polar surface area (TPSA) is 94.2 Å². The zero-order valence-corrected chi connectivity index (χ0v) is 18.5. The van der Waals surface area contributed by atoms with Crippen molar-refractivity contribution >= 4 is 21.6 Å². The second kappa shape index (κ2) is 10.2. The van der Waals surface area contributed by atoms with Crippen LogP contribution in [0, 0.1) is 6.92 Å². The van der Waals surface area contributed by atoms with Crippen molar-refractivity contribution in [3.05, 3.63) is 47.5 Å². The third-order valence-corrected chi connectivity index (χ3v) is 6.68. The highest BCUT2D eigenvalue weighted by atomic mass is 32.2. The molecule has 0 aromatic heterocycles. The van der Waals surface area contributed by atoms with Crippen LogP contribution >= 0.6 is 0 Å². The Balaban J connectivity index is 1.84. The number of hydrogen-bond acceptors (Lipinski definition) is 6. The molecule has 1 fully saturated rings. The van der Waals surface area contributed by atoms with E-state index >= 15 is 0 Å². The molecule has 0 aliphatic carbocycles. The summed E-state index contributed by atoms with van der Waals surface area (Å²) < 4.78 is 67.3. The van der Waals surface area contributed by atoms with Crippen LogP contribution in [0.1, 0.15) is 22.8 Å². The van der Waals surface area contributed by atoms with Crippen molar-refractivity contribution in [1.29, 1.82) is 0 Å². The van der Waals surface area contributed by atoms with Crippen LogP contribution in [0.25, 0.3) is 0 Å². The lowest BCUT2D eigenvalue weighted by Crippen LogP contribution is -2.40. The quantitative estimate of drug-likeness (QED) is 0.637. The molecule has 3 rings (SSSR count). The van der Waals surface area contributed by atoms with E-state index in [1.807, 2.05) is 0 Å². The number of nitrogens with one attached hydrogen (secondary N) is 1. The van der Waals surface area contributed by atoms with Gasteiger partial charge in [-0.3, -0.25) is 4.79 Å². The Kier molecular flexibility index (Phi) is 7.64. The van der Waals surface area contributed by atoms with Gasteiger partial charge in [0.1, 0.15) is 0 Å². The molecule has 1 N–H and O–H groups in total. The highest BCUT2D eigenvalue weighted by Gasteiger charge is 2.27. The summed E-state index contributed by atoms with van der Waals surface area (Å²) in [6.07, 6.45) is 0. The van der Waals surface area contributed by atoms with Crippen LogP contribution in [0.4, 0.5) is 14.5 Å². The molecular weight excluding hydrogens is 446 g/mol. The predicted octanol–water partition coefficient (Wildman–Crippen LogP) is 3.27. The first-order valence-electron chi connectivity index (χ1n) is 9.94. The Morgan fingerprint density at radius 1 is 1.16 bits per heavy atom. The molecular formula is C21H24F2N2O6S. The van der Waals surface area contributed by atoms with Gasteiger partial charge in [0, 0.05) is 24.3 Å². The first-order valence-corrected chi connectivity index (χ1v) is 11.4. The maximum absolute atomic E-state index is 12.9. The molecule has 1 aliphatic heterocycles. The number of halogens is 2. The van der Waals surface area contributed by atoms with Crippen LogP contribution in [-0.2, 0) is 14.8 Å². The molecule has 1 aliphatic rings. The van der Waals surface area contributed by atoms with Crippen LogP contribution in [0.15, 0.2) is 41.3 Å². The lowest BCUT2D eigenvalue weighted by atomic mass is 10.1. The molecule has 0 unspecified atom stereocenters. The standard InChI is InChI=1S/C21H24F2N2O6S/c1-3-30-19-12-15(5-7-18(19)31-21(22)23)20(26)24-17-13-16(6-4-14(17)2)32(27,28)25-8-10-29-11-9-25/h4-7,12-13,21H,3,8-11H2,1-2H3,(H,24,26). The van der Waals surface area contributed by atoms with Crippen molar-refractivity contribution in [2.24, 2.45) is 0 Å². The molecule has 2 aromatic carbocycles. The molecule has 0 saturated carbocycles. The molecule has 1 amide bonds. The first-order chi connectivity index (χ1) is 15.2. The number of amides is 1. The summed E-state index contributed by atoms with van der Waals surface area (Å²) >= 11 is 0. The highest BCUT2D eigenvalue weighted by molar-refractivity contribution is 7.89. The second-order valence-electron chi connectivity index (χ2n) is 6.92. The highest BCUT2D eigenvalue weighted by Crippen LogP contribution is 2.31. The van der Waals surface area contributed by atoms with Crippen molar-refractivity contribution in [2.45, 2.75) is 25.4 Å². The van der Waals surface area contributed by atoms with Gasteiger partial charge in [-0.15, -0.1) is 0 Å². The number of rotatable bonds is 8. The number of sulfonamides is 1. The summed E-state index contributed by atoms with van der Waals surface area (Å²) in [5, 5.41) is 2.68. The van der Waals surface area contributed by atoms with Crippen LogP contribution in [0.2, 0.25) is 0 Å². The molecule has 0 atom stereocenters. The molecule has 32 heavy (non-hydrogen) atoms. The van der Waals surface area contributed by atoms with Gasteiger partial charge in [0.05, 0.1) is 24.7 Å². The number of carbonyl (C=O) groups excluding carboxylic acids is 1. The Bertz CT molecular complexity index is 1070. The van der Waals surface area contributed by atoms with Gasteiger partial charge >= 0.3 is 6.61 Å². The van der Waals surface area contributed by atoms with Crippen molar-refractivity contribution < 1.29 is 36.2 Å². The maximum Gasteiger partial charge on any atom is 0.387 e. The molecule has 0 radical (unpaired) electrons. The van der Waals surface area contributed by atoms with E-state index in [1.165, 1.54) is 34.6 Å². The van der Waals surface area contributed by atoms with Crippen molar-refractivity contribution in [3.63, 3.8) is 0 Å². The van der Waals surface area contributed by atoms with E-state index in [4.69, 9.17) is 9.47 Å². The van der Waals surface area contributed by atoms with Crippen LogP contribution in [0.5, 0.6) is 11.5 Å². The van der Waals surface area contributed by atoms with Crippen molar-refractivity contribution in [1.82, 2.24) is 4.31 Å². The lowest BCUT2D eigenvalue weighted by molar-refractivity contribution is -0.0514. The van der Waals surface area contributed by atoms with E-state index in [0.717, 1.165) is 0 Å². The Morgan fingerprint density at radius 3 is 2.53 bits per heavy atom. The summed E-state index contributed by atoms with van der Waals surface area (Å²) in [6.45, 7) is 1.70. The van der Waals surface area contributed by atoms with Gasteiger partial charge < -0.3 is 19.5 Å². The van der Waals surface area contributed by atoms with E-state index in [1.54, 1.807) is 19.9 Å². The minimum atomic E-state index is -3.74. The van der Waals surface area contributed by atoms with Gasteiger partial charge in [-0.25, -0.2) is 8.42 Å². The number of ether oxygens (including phenoxy) is 3. The fraction of sp³-hybridized carbons (Fsp3) is 0.381. The summed E-state index contributed by atoms with van der Waals surface area (Å²) in [5.41, 5.74) is 1.10. The number of morpholine rings is 1. The largest absolute Gasteiger partial charge is 0.490 e. The third-order valence-electron chi connectivity index (χ3n) is 4.79. The molecule has 8 nitrogen and oxygen atoms in total. The van der Waals surface area contributed by atoms with Gasteiger partial charge in [-0.05, 0) is 49.7 Å². The average molecular weight is 470 g/mol. The predicted molar refractivity (Wildman–Crippen MR) is 113 cm³/mol. The minimum Gasteiger partial charge on any atom is -0.490 e. The zero-order chi connectivity index (χ0) is 23.3. The summed E-state index contributed by atoms with van der Waals surface area (Å²) in [4.78, 5) is 12.8. The summed E-state index contributed by atoms with van der Waals surface area (Å²) in [6, 6.07) is 8.32. The van der Waals surface area contributed by atoms with E-state index in [-0.39, 0.29) is 41.7 Å². The number of hydrogen-bond donors (Lipinski definition) is 1. The van der Waals surface area contributed by atoms with Gasteiger partial charge in [0.25, 0.3) is 5.91 Å². The Morgan fingerprint density at radius 2 is 1.88 bits per heavy atom. The Hall–Kier alpha value is -2.76. The number of nitrogens with zero attached hydrogens (tertiary/aromatic N) is 1. The minimum absolute atomic E-state index is 0.000757. The van der Waals surface area contributed by atoms with Crippen LogP contribution in [-0.4, -0.2) is 58.2 Å². The SMILES string of the molecule is CCOc1cc(C(=O)Nc2cc(S(=O)(=O)N3CCOCC3)ccc2C)ccc1OC(F)F. The number of aryl methyl sites for hydroxylation is 1. The molecule has 11 heteroatoms. The van der Waals surface area contributed by atoms with E-state index in [2.05, 4.69) is 10.1 Å². The van der Waals surface area contributed by atoms with Gasteiger partial charge in [-0.2, -0.15) is 13.1 Å². The smallest absolute Gasteiger partial charge is 0.387 e. The monoisotopic (exact) mass is 470 g/mol. The fourth-order valence-electron chi connectivity index (χ4n) is 3.14. The third kappa shape index (κ3) is 5.53. The Labute approximate surface area is 185 Å². The van der Waals surface area contributed by atoms with Gasteiger partial charge in [0.15, 0.2) is 11.5 Å². The second-order valence-corrected chi connectivity index (χ2v) is 8.86. The molecule has 0 bridgehead atoms. The van der Waals surface area contributed by atoms with Crippen LogP contribution < -0.4 is 14.8 Å². The molecule has 174 valence electrons. The molecule has 0 spiro atoms.